The van der Waals surface area contributed by atoms with E-state index in [1.807, 2.05) is 167 Å². The molecule has 5 aromatic carbocycles. The van der Waals surface area contributed by atoms with Crippen molar-refractivity contribution in [3.63, 3.8) is 0 Å². The molecule has 0 saturated heterocycles. The Bertz CT molecular complexity index is 2120. The molecule has 15 heteroatoms. The van der Waals surface area contributed by atoms with Gasteiger partial charge in [-0.15, -0.1) is 0 Å². The first-order chi connectivity index (χ1) is 32.9. The molecule has 0 aromatic heterocycles. The Kier molecular flexibility index (Phi) is 21.4. The summed E-state index contributed by atoms with van der Waals surface area (Å²) in [5.41, 5.74) is 6.99. The fraction of sp³-hybridized carbons (Fsp3) is 0.396. The van der Waals surface area contributed by atoms with E-state index in [2.05, 4.69) is 4.90 Å². The van der Waals surface area contributed by atoms with Crippen molar-refractivity contribution in [3.8, 4) is 23.0 Å². The number of nitrogens with zero attached hydrogens (tertiary/aromatic N) is 5. The molecule has 0 spiro atoms. The van der Waals surface area contributed by atoms with Gasteiger partial charge in [-0.25, -0.2) is 9.59 Å². The van der Waals surface area contributed by atoms with Crippen LogP contribution in [-0.4, -0.2) is 136 Å². The average Bonchev–Trinajstić information content (AvgIpc) is 3.33. The van der Waals surface area contributed by atoms with Gasteiger partial charge in [-0.05, 0) is 103 Å². The second-order valence-corrected chi connectivity index (χ2v) is 16.7. The minimum Gasteiger partial charge on any atom is -0.497 e. The van der Waals surface area contributed by atoms with E-state index in [1.54, 1.807) is 24.0 Å². The van der Waals surface area contributed by atoms with Crippen molar-refractivity contribution < 1.29 is 47.5 Å². The zero-order chi connectivity index (χ0) is 48.7. The molecule has 0 aliphatic carbocycles. The van der Waals surface area contributed by atoms with Crippen LogP contribution >= 0.6 is 0 Å². The fourth-order valence-electron chi connectivity index (χ4n) is 7.05. The van der Waals surface area contributed by atoms with Crippen LogP contribution in [0, 0.1) is 0 Å². The van der Waals surface area contributed by atoms with Gasteiger partial charge in [-0.1, -0.05) is 48.5 Å². The molecule has 0 fully saturated rings. The summed E-state index contributed by atoms with van der Waals surface area (Å²) >= 11 is 0. The lowest BCUT2D eigenvalue weighted by molar-refractivity contribution is 0.0420. The monoisotopic (exact) mass is 936 g/mol. The Morgan fingerprint density at radius 2 is 0.779 bits per heavy atom. The first-order valence-corrected chi connectivity index (χ1v) is 22.7. The number of ether oxygens (including phenoxy) is 8. The van der Waals surface area contributed by atoms with Crippen molar-refractivity contribution >= 4 is 23.6 Å². The lowest BCUT2D eigenvalue weighted by atomic mass is 10.1. The zero-order valence-corrected chi connectivity index (χ0v) is 41.0. The molecule has 366 valence electrons. The van der Waals surface area contributed by atoms with Gasteiger partial charge in [-0.2, -0.15) is 0 Å². The van der Waals surface area contributed by atoms with Gasteiger partial charge in [-0.3, -0.25) is 9.80 Å². The Labute approximate surface area is 402 Å². The van der Waals surface area contributed by atoms with Gasteiger partial charge in [0, 0.05) is 78.4 Å². The minimum absolute atomic E-state index is 0.0863. The van der Waals surface area contributed by atoms with E-state index in [0.29, 0.717) is 57.4 Å². The van der Waals surface area contributed by atoms with Crippen LogP contribution in [0.1, 0.15) is 27.8 Å². The predicted octanol–water partition coefficient (Wildman–Crippen LogP) is 8.37. The number of hydrogen-bond donors (Lipinski definition) is 0. The third-order valence-electron chi connectivity index (χ3n) is 10.5. The summed E-state index contributed by atoms with van der Waals surface area (Å²) < 4.78 is 45.8. The summed E-state index contributed by atoms with van der Waals surface area (Å²) in [5, 5.41) is 0. The third kappa shape index (κ3) is 18.2. The molecule has 0 atom stereocenters. The van der Waals surface area contributed by atoms with Crippen LogP contribution in [-0.2, 0) is 51.7 Å². The van der Waals surface area contributed by atoms with Gasteiger partial charge >= 0.3 is 12.2 Å². The Balaban J connectivity index is 1.04. The van der Waals surface area contributed by atoms with E-state index in [4.69, 9.17) is 37.9 Å². The van der Waals surface area contributed by atoms with Crippen molar-refractivity contribution in [2.24, 2.45) is 0 Å². The molecule has 0 radical (unpaired) electrons. The van der Waals surface area contributed by atoms with E-state index < -0.39 is 12.2 Å². The summed E-state index contributed by atoms with van der Waals surface area (Å²) in [4.78, 5) is 36.2. The Hall–Kier alpha value is -6.68. The number of carbonyl (C=O) groups excluding carboxylic acids is 2. The predicted molar refractivity (Wildman–Crippen MR) is 265 cm³/mol. The van der Waals surface area contributed by atoms with E-state index >= 15 is 0 Å². The quantitative estimate of drug-likeness (QED) is 0.0447. The molecular weight excluding hydrogens is 867 g/mol. The van der Waals surface area contributed by atoms with Crippen LogP contribution in [0.2, 0.25) is 0 Å². The average molecular weight is 936 g/mol. The number of hydrogen-bond acceptors (Lipinski definition) is 13. The second-order valence-electron chi connectivity index (χ2n) is 16.7. The SMILES string of the molecule is COc1cccc(CN(Cc2ccc(N(C)C)cc2)C(=O)OCCOCCOc2cc(CN(C)C)cc(OCCOCCOC(=O)N(Cc3ccc(N(C)C)cc3)Cc3cccc(OC)c3)c2)c1. The first-order valence-electron chi connectivity index (χ1n) is 22.7. The van der Waals surface area contributed by atoms with Gasteiger partial charge in [0.05, 0.1) is 40.6 Å². The lowest BCUT2D eigenvalue weighted by Gasteiger charge is -2.23. The number of benzene rings is 5. The smallest absolute Gasteiger partial charge is 0.410 e. The summed E-state index contributed by atoms with van der Waals surface area (Å²) in [7, 11) is 15.2. The van der Waals surface area contributed by atoms with Crippen LogP contribution in [0.25, 0.3) is 0 Å². The number of methoxy groups -OCH3 is 2. The van der Waals surface area contributed by atoms with E-state index in [0.717, 1.165) is 50.7 Å². The van der Waals surface area contributed by atoms with Crippen molar-refractivity contribution in [2.75, 3.05) is 119 Å². The largest absolute Gasteiger partial charge is 0.497 e. The second kappa shape index (κ2) is 27.8. The highest BCUT2D eigenvalue weighted by atomic mass is 16.6. The van der Waals surface area contributed by atoms with Crippen LogP contribution < -0.4 is 28.7 Å². The van der Waals surface area contributed by atoms with Gasteiger partial charge in [0.2, 0.25) is 0 Å². The standard InChI is InChI=1S/C53H69N5O10/c1-54(2)36-45-33-50(65-27-23-63-25-29-67-52(59)57(39-43-11-9-13-48(31-43)61-7)37-41-15-19-46(20-16-41)55(3)4)35-51(34-45)66-28-24-64-26-30-68-53(60)58(40-44-12-10-14-49(32-44)62-8)38-42-17-21-47(22-18-42)56(5)6/h9-22,31-35H,23-30,36-40H2,1-8H3. The zero-order valence-electron chi connectivity index (χ0n) is 41.0. The fourth-order valence-corrected chi connectivity index (χ4v) is 7.05. The molecule has 0 aliphatic rings. The van der Waals surface area contributed by atoms with E-state index in [1.165, 1.54) is 0 Å². The van der Waals surface area contributed by atoms with Gasteiger partial charge in [0.25, 0.3) is 0 Å². The van der Waals surface area contributed by atoms with Crippen LogP contribution in [0.15, 0.2) is 115 Å². The molecule has 0 bridgehead atoms. The Morgan fingerprint density at radius 3 is 1.16 bits per heavy atom. The third-order valence-corrected chi connectivity index (χ3v) is 10.5. The highest BCUT2D eigenvalue weighted by molar-refractivity contribution is 5.68. The van der Waals surface area contributed by atoms with E-state index in [9.17, 15) is 9.59 Å². The summed E-state index contributed by atoms with van der Waals surface area (Å²) in [6.07, 6.45) is -0.880. The van der Waals surface area contributed by atoms with Crippen LogP contribution in [0.3, 0.4) is 0 Å². The Morgan fingerprint density at radius 1 is 0.397 bits per heavy atom. The van der Waals surface area contributed by atoms with Crippen LogP contribution in [0.4, 0.5) is 21.0 Å². The first kappa shape index (κ1) is 52.3. The maximum Gasteiger partial charge on any atom is 0.410 e. The van der Waals surface area contributed by atoms with Gasteiger partial charge in [0.1, 0.15) is 49.4 Å². The van der Waals surface area contributed by atoms with Crippen molar-refractivity contribution in [2.45, 2.75) is 32.7 Å². The number of rotatable bonds is 28. The molecule has 5 rings (SSSR count). The van der Waals surface area contributed by atoms with Crippen molar-refractivity contribution in [1.82, 2.24) is 14.7 Å². The number of carbonyl (C=O) groups is 2. The van der Waals surface area contributed by atoms with Crippen LogP contribution in [0.5, 0.6) is 23.0 Å². The maximum atomic E-state index is 13.4. The van der Waals surface area contributed by atoms with Gasteiger partial charge < -0.3 is 52.6 Å². The molecule has 0 N–H and O–H groups in total. The van der Waals surface area contributed by atoms with Crippen molar-refractivity contribution in [3.05, 3.63) is 143 Å². The number of amides is 2. The molecule has 0 unspecified atom stereocenters. The normalized spacial score (nSPS) is 10.9. The molecule has 15 nitrogen and oxygen atoms in total. The summed E-state index contributed by atoms with van der Waals surface area (Å²) in [6, 6.07) is 37.2. The molecule has 68 heavy (non-hydrogen) atoms. The van der Waals surface area contributed by atoms with Gasteiger partial charge in [0.15, 0.2) is 0 Å². The summed E-state index contributed by atoms with van der Waals surface area (Å²) in [5.74, 6) is 2.72. The highest BCUT2D eigenvalue weighted by Gasteiger charge is 2.19. The molecular formula is C53H69N5O10. The molecule has 0 heterocycles. The molecule has 5 aromatic rings. The minimum atomic E-state index is -0.440. The summed E-state index contributed by atoms with van der Waals surface area (Å²) in [6.45, 7) is 3.88. The molecule has 0 saturated carbocycles. The van der Waals surface area contributed by atoms with Crippen molar-refractivity contribution in [1.29, 1.82) is 0 Å². The molecule has 0 aliphatic heterocycles. The van der Waals surface area contributed by atoms with E-state index in [-0.39, 0.29) is 39.6 Å². The molecule has 2 amide bonds. The topological polar surface area (TPSA) is 124 Å². The number of anilines is 2. The lowest BCUT2D eigenvalue weighted by Crippen LogP contribution is -2.31. The maximum absolute atomic E-state index is 13.4. The highest BCUT2D eigenvalue weighted by Crippen LogP contribution is 2.25.